The Hall–Kier alpha value is -0.910. The fourth-order valence-corrected chi connectivity index (χ4v) is 5.54. The smallest absolute Gasteiger partial charge is 0.466 e. The molecule has 3 aliphatic rings. The van der Waals surface area contributed by atoms with E-state index in [-0.39, 0.29) is 11.5 Å². The van der Waals surface area contributed by atoms with E-state index in [0.717, 1.165) is 25.2 Å². The molecule has 5 N–H and O–H groups in total. The summed E-state index contributed by atoms with van der Waals surface area (Å²) in [5, 5.41) is 20.0. The van der Waals surface area contributed by atoms with E-state index in [1.54, 1.807) is 0 Å². The molecule has 0 aromatic heterocycles. The third-order valence-electron chi connectivity index (χ3n) is 6.66. The van der Waals surface area contributed by atoms with Crippen LogP contribution in [-0.4, -0.2) is 31.0 Å². The fraction of sp³-hybridized carbons (Fsp3) is 0.667. The Morgan fingerprint density at radius 1 is 1.12 bits per heavy atom. The first-order valence-corrected chi connectivity index (χ1v) is 10.4. The lowest BCUT2D eigenvalue weighted by atomic mass is 9.55. The highest BCUT2D eigenvalue weighted by atomic mass is 31.2. The van der Waals surface area contributed by atoms with E-state index in [4.69, 9.17) is 19.2 Å². The van der Waals surface area contributed by atoms with Crippen molar-refractivity contribution < 1.29 is 29.5 Å². The quantitative estimate of drug-likeness (QED) is 0.448. The Morgan fingerprint density at radius 2 is 1.80 bits per heavy atom. The fourth-order valence-electron chi connectivity index (χ4n) is 5.54. The normalized spacial score (nSPS) is 36.5. The van der Waals surface area contributed by atoms with Gasteiger partial charge in [0.25, 0.3) is 0 Å². The van der Waals surface area contributed by atoms with Crippen LogP contribution in [0.2, 0.25) is 0 Å². The van der Waals surface area contributed by atoms with Crippen LogP contribution in [0, 0.1) is 17.3 Å². The lowest BCUT2D eigenvalue weighted by Gasteiger charge is -2.50. The van der Waals surface area contributed by atoms with Crippen LogP contribution in [-0.2, 0) is 11.0 Å². The number of benzene rings is 1. The van der Waals surface area contributed by atoms with Crippen molar-refractivity contribution in [3.63, 3.8) is 0 Å². The molecule has 2 saturated carbocycles. The van der Waals surface area contributed by atoms with E-state index >= 15 is 0 Å². The molecule has 1 aromatic rings. The minimum absolute atomic E-state index is 0.0883. The lowest BCUT2D eigenvalue weighted by molar-refractivity contribution is -0.0226. The summed E-state index contributed by atoms with van der Waals surface area (Å²) in [5.74, 6) is 2.49. The molecule has 2 fully saturated rings. The summed E-state index contributed by atoms with van der Waals surface area (Å²) in [5.41, 5.74) is 2.99. The van der Waals surface area contributed by atoms with Crippen molar-refractivity contribution in [3.05, 3.63) is 29.3 Å². The molecule has 3 aliphatic carbocycles. The van der Waals surface area contributed by atoms with Gasteiger partial charge in [0.2, 0.25) is 0 Å². The number of aromatic hydroxyl groups is 1. The van der Waals surface area contributed by atoms with E-state index in [9.17, 15) is 10.2 Å². The molecule has 6 nitrogen and oxygen atoms in total. The summed E-state index contributed by atoms with van der Waals surface area (Å²) in [4.78, 5) is 21.6. The number of rotatable bonds is 0. The van der Waals surface area contributed by atoms with Gasteiger partial charge in [0, 0.05) is 0 Å². The molecule has 0 saturated heterocycles. The van der Waals surface area contributed by atoms with Crippen LogP contribution < -0.4 is 0 Å². The highest BCUT2D eigenvalue weighted by molar-refractivity contribution is 7.45. The molecule has 0 radical (unpaired) electrons. The number of aliphatic hydroxyl groups excluding tert-OH is 1. The van der Waals surface area contributed by atoms with Crippen LogP contribution in [0.1, 0.15) is 56.1 Å². The minimum Gasteiger partial charge on any atom is -0.508 e. The number of hydrogen-bond donors (Lipinski definition) is 5. The summed E-state index contributed by atoms with van der Waals surface area (Å²) >= 11 is 0. The average molecular weight is 370 g/mol. The highest BCUT2D eigenvalue weighted by Gasteiger charge is 2.54. The van der Waals surface area contributed by atoms with Gasteiger partial charge in [-0.25, -0.2) is 4.57 Å². The molecule has 0 spiro atoms. The van der Waals surface area contributed by atoms with Crippen LogP contribution in [0.5, 0.6) is 5.75 Å². The number of hydrogen-bond acceptors (Lipinski definition) is 3. The molecule has 0 amide bonds. The zero-order valence-corrected chi connectivity index (χ0v) is 15.3. The summed E-state index contributed by atoms with van der Waals surface area (Å²) in [6, 6.07) is 5.96. The summed E-state index contributed by atoms with van der Waals surface area (Å²) in [6.45, 7) is 2.32. The van der Waals surface area contributed by atoms with E-state index in [1.807, 2.05) is 12.1 Å². The summed E-state index contributed by atoms with van der Waals surface area (Å²) < 4.78 is 8.88. The Morgan fingerprint density at radius 3 is 2.48 bits per heavy atom. The first-order chi connectivity index (χ1) is 11.6. The monoisotopic (exact) mass is 370 g/mol. The van der Waals surface area contributed by atoms with E-state index in [0.29, 0.717) is 17.6 Å². The molecular weight excluding hydrogens is 343 g/mol. The van der Waals surface area contributed by atoms with Gasteiger partial charge >= 0.3 is 7.82 Å². The summed E-state index contributed by atoms with van der Waals surface area (Å²) in [6.07, 6.45) is 6.78. The third-order valence-corrected chi connectivity index (χ3v) is 6.66. The van der Waals surface area contributed by atoms with Crippen LogP contribution in [0.3, 0.4) is 0 Å². The first kappa shape index (κ1) is 18.9. The predicted octanol–water partition coefficient (Wildman–Crippen LogP) is 2.68. The number of aliphatic hydroxyl groups is 1. The lowest BCUT2D eigenvalue weighted by Crippen LogP contribution is -2.43. The van der Waals surface area contributed by atoms with Crippen molar-refractivity contribution >= 4 is 7.82 Å². The summed E-state index contributed by atoms with van der Waals surface area (Å²) in [7, 11) is -4.64. The second kappa shape index (κ2) is 6.67. The molecule has 25 heavy (non-hydrogen) atoms. The van der Waals surface area contributed by atoms with Gasteiger partial charge in [0.1, 0.15) is 5.75 Å². The van der Waals surface area contributed by atoms with Crippen molar-refractivity contribution in [1.82, 2.24) is 0 Å². The topological polar surface area (TPSA) is 118 Å². The number of fused-ring (bicyclic) bond motifs is 5. The molecule has 4 rings (SSSR count). The van der Waals surface area contributed by atoms with Crippen LogP contribution >= 0.6 is 7.82 Å². The van der Waals surface area contributed by atoms with E-state index in [2.05, 4.69) is 13.0 Å². The van der Waals surface area contributed by atoms with Crippen LogP contribution in [0.15, 0.2) is 18.2 Å². The molecule has 1 unspecified atom stereocenters. The van der Waals surface area contributed by atoms with Gasteiger partial charge < -0.3 is 24.9 Å². The van der Waals surface area contributed by atoms with Crippen molar-refractivity contribution in [2.24, 2.45) is 17.3 Å². The third kappa shape index (κ3) is 3.79. The number of phosphoric acid groups is 1. The molecule has 7 heteroatoms. The molecule has 0 heterocycles. The van der Waals surface area contributed by atoms with Gasteiger partial charge in [-0.05, 0) is 85.0 Å². The number of aryl methyl sites for hydroxylation is 1. The van der Waals surface area contributed by atoms with Gasteiger partial charge in [-0.1, -0.05) is 13.0 Å². The van der Waals surface area contributed by atoms with Crippen molar-refractivity contribution in [1.29, 1.82) is 0 Å². The van der Waals surface area contributed by atoms with Crippen LogP contribution in [0.25, 0.3) is 0 Å². The van der Waals surface area contributed by atoms with Gasteiger partial charge in [-0.15, -0.1) is 0 Å². The van der Waals surface area contributed by atoms with E-state index in [1.165, 1.54) is 30.4 Å². The average Bonchev–Trinajstić information content (AvgIpc) is 2.81. The molecule has 0 aliphatic heterocycles. The first-order valence-electron chi connectivity index (χ1n) is 8.88. The Kier molecular flexibility index (Phi) is 5.04. The Bertz CT molecular complexity index is 678. The Balaban J connectivity index is 0.000000324. The number of phenolic OH excluding ortho intramolecular Hbond substituents is 1. The standard InChI is InChI=1S/C18H24O2.H3O4P/c1-18-9-8-14-13-5-3-12(19)10-11(13)2-4-15(14)16(18)6-7-17(18)20;1-5(2,3)4/h3,5,10,14-17,19-20H,2,4,6-9H2,1H3;(H3,1,2,3,4)/t14-,15-,16+,17?,18+;/m1./s1. The largest absolute Gasteiger partial charge is 0.508 e. The maximum absolute atomic E-state index is 10.4. The predicted molar refractivity (Wildman–Crippen MR) is 93.0 cm³/mol. The van der Waals surface area contributed by atoms with E-state index < -0.39 is 7.82 Å². The Labute approximate surface area is 147 Å². The van der Waals surface area contributed by atoms with Gasteiger partial charge in [0.15, 0.2) is 0 Å². The second-order valence-electron chi connectivity index (χ2n) is 7.95. The minimum atomic E-state index is -4.64. The van der Waals surface area contributed by atoms with Crippen LogP contribution in [0.4, 0.5) is 0 Å². The maximum atomic E-state index is 10.4. The van der Waals surface area contributed by atoms with Crippen molar-refractivity contribution in [2.45, 2.75) is 57.5 Å². The molecule has 140 valence electrons. The molecule has 1 aromatic carbocycles. The molecule has 5 atom stereocenters. The molecule has 0 bridgehead atoms. The maximum Gasteiger partial charge on any atom is 0.466 e. The van der Waals surface area contributed by atoms with Crippen molar-refractivity contribution in [2.75, 3.05) is 0 Å². The highest BCUT2D eigenvalue weighted by Crippen LogP contribution is 2.60. The van der Waals surface area contributed by atoms with Gasteiger partial charge in [-0.2, -0.15) is 0 Å². The number of phenols is 1. The van der Waals surface area contributed by atoms with Gasteiger partial charge in [-0.3, -0.25) is 0 Å². The molecular formula is C18H27O6P. The SMILES string of the molecule is C[C@]12CC[C@@H]3c4ccc(O)cc4CC[C@H]3[C@@H]1CCC2O.O=P(O)(O)O. The zero-order chi connectivity index (χ0) is 18.4. The second-order valence-corrected chi connectivity index (χ2v) is 8.98. The van der Waals surface area contributed by atoms with Crippen molar-refractivity contribution in [3.8, 4) is 5.75 Å². The zero-order valence-electron chi connectivity index (χ0n) is 14.4. The van der Waals surface area contributed by atoms with Gasteiger partial charge in [0.05, 0.1) is 6.10 Å².